The van der Waals surface area contributed by atoms with Crippen molar-refractivity contribution in [1.29, 1.82) is 0 Å². The van der Waals surface area contributed by atoms with Crippen molar-refractivity contribution in [2.45, 2.75) is 44.2 Å². The topological polar surface area (TPSA) is 49.4 Å². The van der Waals surface area contributed by atoms with Gasteiger partial charge in [0.25, 0.3) is 0 Å². The van der Waals surface area contributed by atoms with Gasteiger partial charge in [-0.15, -0.1) is 6.58 Å². The van der Waals surface area contributed by atoms with E-state index in [9.17, 15) is 9.59 Å². The van der Waals surface area contributed by atoms with E-state index in [1.165, 1.54) is 4.90 Å². The summed E-state index contributed by atoms with van der Waals surface area (Å²) in [5, 5.41) is 3.21. The van der Waals surface area contributed by atoms with E-state index < -0.39 is 0 Å². The van der Waals surface area contributed by atoms with Crippen LogP contribution in [0.5, 0.6) is 0 Å². The lowest BCUT2D eigenvalue weighted by Crippen LogP contribution is -2.43. The van der Waals surface area contributed by atoms with Crippen molar-refractivity contribution in [3.63, 3.8) is 0 Å². The Morgan fingerprint density at radius 3 is 2.79 bits per heavy atom. The highest BCUT2D eigenvalue weighted by atomic mass is 32.2. The molecule has 2 fully saturated rings. The molecule has 1 saturated carbocycles. The van der Waals surface area contributed by atoms with Gasteiger partial charge in [-0.1, -0.05) is 18.9 Å². The Labute approximate surface area is 119 Å². The predicted molar refractivity (Wildman–Crippen MR) is 78.0 cm³/mol. The normalized spacial score (nSPS) is 24.4. The number of amides is 2. The van der Waals surface area contributed by atoms with Crippen LogP contribution in [0.4, 0.5) is 0 Å². The summed E-state index contributed by atoms with van der Waals surface area (Å²) in [6.45, 7) is 4.43. The highest BCUT2D eigenvalue weighted by Crippen LogP contribution is 2.28. The smallest absolute Gasteiger partial charge is 0.247 e. The van der Waals surface area contributed by atoms with Crippen molar-refractivity contribution in [2.24, 2.45) is 0 Å². The van der Waals surface area contributed by atoms with Crippen LogP contribution in [0.3, 0.4) is 0 Å². The third kappa shape index (κ3) is 3.60. The van der Waals surface area contributed by atoms with E-state index >= 15 is 0 Å². The number of nitrogens with one attached hydrogen (secondary N) is 1. The van der Waals surface area contributed by atoms with Crippen LogP contribution < -0.4 is 5.32 Å². The SMILES string of the molecule is C=CCSCCNC1CC(=O)N(C2CCCC2)C1=O. The minimum Gasteiger partial charge on any atom is -0.305 e. The summed E-state index contributed by atoms with van der Waals surface area (Å²) < 4.78 is 0. The maximum atomic E-state index is 12.2. The molecule has 1 heterocycles. The van der Waals surface area contributed by atoms with Crippen LogP contribution in [0.1, 0.15) is 32.1 Å². The number of hydrogen-bond acceptors (Lipinski definition) is 4. The molecule has 0 spiro atoms. The van der Waals surface area contributed by atoms with Crippen LogP contribution in [0, 0.1) is 0 Å². The zero-order valence-electron chi connectivity index (χ0n) is 11.3. The fraction of sp³-hybridized carbons (Fsp3) is 0.714. The van der Waals surface area contributed by atoms with Gasteiger partial charge in [0.2, 0.25) is 11.8 Å². The highest BCUT2D eigenvalue weighted by Gasteiger charge is 2.42. The lowest BCUT2D eigenvalue weighted by molar-refractivity contribution is -0.141. The number of thioether (sulfide) groups is 1. The van der Waals surface area contributed by atoms with Gasteiger partial charge in [0, 0.05) is 24.1 Å². The van der Waals surface area contributed by atoms with Gasteiger partial charge in [-0.2, -0.15) is 11.8 Å². The Bertz CT molecular complexity index is 353. The number of imide groups is 1. The molecule has 1 saturated heterocycles. The van der Waals surface area contributed by atoms with Gasteiger partial charge in [0.1, 0.15) is 0 Å². The molecule has 106 valence electrons. The molecule has 2 amide bonds. The molecule has 0 radical (unpaired) electrons. The summed E-state index contributed by atoms with van der Waals surface area (Å²) in [5.41, 5.74) is 0. The summed E-state index contributed by atoms with van der Waals surface area (Å²) in [7, 11) is 0. The van der Waals surface area contributed by atoms with Gasteiger partial charge in [0.15, 0.2) is 0 Å². The Balaban J connectivity index is 1.78. The van der Waals surface area contributed by atoms with E-state index in [0.29, 0.717) is 6.42 Å². The van der Waals surface area contributed by atoms with E-state index in [1.807, 2.05) is 6.08 Å². The standard InChI is InChI=1S/C14H22N2O2S/c1-2-8-19-9-7-15-12-10-13(17)16(14(12)18)11-5-3-4-6-11/h2,11-12,15H,1,3-10H2. The zero-order valence-corrected chi connectivity index (χ0v) is 12.1. The molecule has 1 aliphatic heterocycles. The van der Waals surface area contributed by atoms with Crippen molar-refractivity contribution >= 4 is 23.6 Å². The highest BCUT2D eigenvalue weighted by molar-refractivity contribution is 7.99. The average molecular weight is 282 g/mol. The van der Waals surface area contributed by atoms with E-state index in [2.05, 4.69) is 11.9 Å². The third-order valence-corrected chi connectivity index (χ3v) is 4.71. The summed E-state index contributed by atoms with van der Waals surface area (Å²) in [4.78, 5) is 25.7. The average Bonchev–Trinajstić information content (AvgIpc) is 2.98. The van der Waals surface area contributed by atoms with Gasteiger partial charge in [-0.05, 0) is 12.8 Å². The number of hydrogen-bond donors (Lipinski definition) is 1. The first-order valence-electron chi connectivity index (χ1n) is 7.02. The number of rotatable bonds is 7. The van der Waals surface area contributed by atoms with Crippen LogP contribution in [-0.4, -0.2) is 46.8 Å². The molecule has 1 atom stereocenters. The van der Waals surface area contributed by atoms with Gasteiger partial charge in [0.05, 0.1) is 12.5 Å². The number of likely N-dealkylation sites (tertiary alicyclic amines) is 1. The Kier molecular flexibility index (Phi) is 5.45. The van der Waals surface area contributed by atoms with Crippen molar-refractivity contribution in [1.82, 2.24) is 10.2 Å². The molecule has 1 N–H and O–H groups in total. The first-order valence-corrected chi connectivity index (χ1v) is 8.17. The van der Waals surface area contributed by atoms with Crippen molar-refractivity contribution < 1.29 is 9.59 Å². The largest absolute Gasteiger partial charge is 0.305 e. The molecule has 0 aromatic rings. The zero-order chi connectivity index (χ0) is 13.7. The van der Waals surface area contributed by atoms with Crippen molar-refractivity contribution in [3.05, 3.63) is 12.7 Å². The van der Waals surface area contributed by atoms with Crippen LogP contribution in [-0.2, 0) is 9.59 Å². The summed E-state index contributed by atoms with van der Waals surface area (Å²) in [6, 6.07) is -0.126. The molecular weight excluding hydrogens is 260 g/mol. The molecule has 4 nitrogen and oxygen atoms in total. The maximum Gasteiger partial charge on any atom is 0.247 e. The molecule has 0 aromatic heterocycles. The second-order valence-electron chi connectivity index (χ2n) is 5.11. The maximum absolute atomic E-state index is 12.2. The first-order chi connectivity index (χ1) is 9.24. The molecule has 1 unspecified atom stereocenters. The molecule has 5 heteroatoms. The summed E-state index contributed by atoms with van der Waals surface area (Å²) >= 11 is 1.77. The third-order valence-electron chi connectivity index (χ3n) is 3.75. The fourth-order valence-corrected chi connectivity index (χ4v) is 3.42. The Morgan fingerprint density at radius 1 is 1.37 bits per heavy atom. The second kappa shape index (κ2) is 7.10. The van der Waals surface area contributed by atoms with Crippen molar-refractivity contribution in [3.8, 4) is 0 Å². The van der Waals surface area contributed by atoms with E-state index in [0.717, 1.165) is 43.7 Å². The minimum absolute atomic E-state index is 0.00754. The fourth-order valence-electron chi connectivity index (χ4n) is 2.83. The Morgan fingerprint density at radius 2 is 2.11 bits per heavy atom. The van der Waals surface area contributed by atoms with Crippen LogP contribution in [0.2, 0.25) is 0 Å². The minimum atomic E-state index is -0.294. The molecule has 0 bridgehead atoms. The van der Waals surface area contributed by atoms with Gasteiger partial charge < -0.3 is 5.32 Å². The molecular formula is C14H22N2O2S. The molecule has 0 aromatic carbocycles. The summed E-state index contributed by atoms with van der Waals surface area (Å²) in [6.07, 6.45) is 6.45. The molecule has 2 rings (SSSR count). The predicted octanol–water partition coefficient (Wildman–Crippen LogP) is 1.57. The van der Waals surface area contributed by atoms with Crippen LogP contribution in [0.15, 0.2) is 12.7 Å². The second-order valence-corrected chi connectivity index (χ2v) is 6.26. The van der Waals surface area contributed by atoms with E-state index in [-0.39, 0.29) is 23.9 Å². The van der Waals surface area contributed by atoms with Gasteiger partial charge in [-0.25, -0.2) is 0 Å². The van der Waals surface area contributed by atoms with Gasteiger partial charge >= 0.3 is 0 Å². The van der Waals surface area contributed by atoms with E-state index in [4.69, 9.17) is 0 Å². The lowest BCUT2D eigenvalue weighted by atomic mass is 10.2. The molecule has 19 heavy (non-hydrogen) atoms. The van der Waals surface area contributed by atoms with Gasteiger partial charge in [-0.3, -0.25) is 14.5 Å². The molecule has 1 aliphatic carbocycles. The number of carbonyl (C=O) groups is 2. The number of nitrogens with zero attached hydrogens (tertiary/aromatic N) is 1. The quantitative estimate of drug-likeness (QED) is 0.437. The molecule has 2 aliphatic rings. The van der Waals surface area contributed by atoms with Crippen LogP contribution >= 0.6 is 11.8 Å². The monoisotopic (exact) mass is 282 g/mol. The lowest BCUT2D eigenvalue weighted by Gasteiger charge is -2.22. The Hall–Kier alpha value is -0.810. The number of carbonyl (C=O) groups excluding carboxylic acids is 2. The van der Waals surface area contributed by atoms with Crippen LogP contribution in [0.25, 0.3) is 0 Å². The van der Waals surface area contributed by atoms with Crippen molar-refractivity contribution in [2.75, 3.05) is 18.1 Å². The van der Waals surface area contributed by atoms with E-state index in [1.54, 1.807) is 11.8 Å². The first kappa shape index (κ1) is 14.6. The summed E-state index contributed by atoms with van der Waals surface area (Å²) in [5.74, 6) is 1.86.